The molecular weight excluding hydrogens is 340 g/mol. The van der Waals surface area contributed by atoms with E-state index in [9.17, 15) is 19.7 Å². The first-order valence-electron chi connectivity index (χ1n) is 7.86. The van der Waals surface area contributed by atoms with Gasteiger partial charge in [0.05, 0.1) is 0 Å². The molecule has 1 aliphatic rings. The smallest absolute Gasteiger partial charge is 0.366 e. The van der Waals surface area contributed by atoms with Gasteiger partial charge in [0.1, 0.15) is 6.54 Å². The van der Waals surface area contributed by atoms with Gasteiger partial charge >= 0.3 is 5.82 Å². The fourth-order valence-corrected chi connectivity index (χ4v) is 2.58. The summed E-state index contributed by atoms with van der Waals surface area (Å²) in [5, 5.41) is 13.7. The van der Waals surface area contributed by atoms with Crippen LogP contribution in [-0.4, -0.2) is 34.4 Å². The van der Waals surface area contributed by atoms with E-state index in [0.29, 0.717) is 5.69 Å². The van der Waals surface area contributed by atoms with Crippen molar-refractivity contribution in [1.82, 2.24) is 4.98 Å². The molecule has 1 atom stereocenters. The molecule has 134 valence electrons. The van der Waals surface area contributed by atoms with Gasteiger partial charge in [0.15, 0.2) is 11.9 Å². The van der Waals surface area contributed by atoms with E-state index in [2.05, 4.69) is 10.3 Å². The number of nitrogens with one attached hydrogen (secondary N) is 1. The molecule has 1 aromatic heterocycles. The van der Waals surface area contributed by atoms with Crippen LogP contribution in [0.5, 0.6) is 5.75 Å². The predicted octanol–water partition coefficient (Wildman–Crippen LogP) is 2.05. The minimum absolute atomic E-state index is 0.0396. The van der Waals surface area contributed by atoms with Crippen molar-refractivity contribution >= 4 is 29.1 Å². The van der Waals surface area contributed by atoms with Crippen LogP contribution >= 0.6 is 0 Å². The molecule has 0 saturated carbocycles. The molecule has 1 unspecified atom stereocenters. The van der Waals surface area contributed by atoms with Gasteiger partial charge in [-0.2, -0.15) is 0 Å². The number of aromatic nitrogens is 1. The lowest BCUT2D eigenvalue weighted by molar-refractivity contribution is -0.389. The fraction of sp³-hybridized carbons (Fsp3) is 0.235. The average Bonchev–Trinajstić information content (AvgIpc) is 2.60. The molecule has 0 saturated heterocycles. The minimum Gasteiger partial charge on any atom is -0.475 e. The zero-order valence-corrected chi connectivity index (χ0v) is 14.1. The summed E-state index contributed by atoms with van der Waals surface area (Å²) in [5.74, 6) is -1.20. The summed E-state index contributed by atoms with van der Waals surface area (Å²) in [6.07, 6.45) is -0.822. The van der Waals surface area contributed by atoms with Crippen LogP contribution in [-0.2, 0) is 9.59 Å². The number of nitrogens with zero attached hydrogens (tertiary/aromatic N) is 3. The highest BCUT2D eigenvalue weighted by atomic mass is 16.6. The first-order valence-corrected chi connectivity index (χ1v) is 7.86. The largest absolute Gasteiger partial charge is 0.475 e. The van der Waals surface area contributed by atoms with Crippen molar-refractivity contribution in [1.29, 1.82) is 0 Å². The molecule has 1 N–H and O–H groups in total. The summed E-state index contributed by atoms with van der Waals surface area (Å²) >= 11 is 0. The minimum atomic E-state index is -0.822. The maximum Gasteiger partial charge on any atom is 0.366 e. The van der Waals surface area contributed by atoms with E-state index in [4.69, 9.17) is 4.74 Å². The fourth-order valence-electron chi connectivity index (χ4n) is 2.58. The number of nitro groups is 1. The van der Waals surface area contributed by atoms with Crippen LogP contribution in [0.3, 0.4) is 0 Å². The third kappa shape index (κ3) is 3.32. The van der Waals surface area contributed by atoms with Gasteiger partial charge in [-0.3, -0.25) is 14.5 Å². The molecule has 3 rings (SSSR count). The van der Waals surface area contributed by atoms with Crippen LogP contribution in [0, 0.1) is 17.0 Å². The van der Waals surface area contributed by atoms with Crippen molar-refractivity contribution in [3.8, 4) is 5.75 Å². The van der Waals surface area contributed by atoms with E-state index in [1.807, 2.05) is 19.1 Å². The topological polar surface area (TPSA) is 115 Å². The summed E-state index contributed by atoms with van der Waals surface area (Å²) in [5.41, 5.74) is 1.50. The summed E-state index contributed by atoms with van der Waals surface area (Å²) in [6.45, 7) is 3.05. The molecule has 0 aliphatic carbocycles. The van der Waals surface area contributed by atoms with Crippen LogP contribution in [0.2, 0.25) is 0 Å². The number of pyridine rings is 1. The Morgan fingerprint density at radius 2 is 2.08 bits per heavy atom. The SMILES string of the molecule is Cc1ccccc1NC(=O)CN1C(=O)C(C)Oc2ccc([N+](=O)[O-])nc21. The predicted molar refractivity (Wildman–Crippen MR) is 93.1 cm³/mol. The molecule has 1 aliphatic heterocycles. The van der Waals surface area contributed by atoms with Crippen LogP contribution < -0.4 is 15.0 Å². The lowest BCUT2D eigenvalue weighted by atomic mass is 10.2. The Kier molecular flexibility index (Phi) is 4.53. The molecule has 2 heterocycles. The lowest BCUT2D eigenvalue weighted by Crippen LogP contribution is -2.48. The third-order valence-electron chi connectivity index (χ3n) is 3.91. The molecule has 9 heteroatoms. The molecule has 0 radical (unpaired) electrons. The van der Waals surface area contributed by atoms with Gasteiger partial charge in [0.2, 0.25) is 5.91 Å². The summed E-state index contributed by atoms with van der Waals surface area (Å²) < 4.78 is 5.42. The molecule has 9 nitrogen and oxygen atoms in total. The van der Waals surface area contributed by atoms with Crippen molar-refractivity contribution in [2.75, 3.05) is 16.8 Å². The van der Waals surface area contributed by atoms with Crippen LogP contribution in [0.1, 0.15) is 12.5 Å². The maximum absolute atomic E-state index is 12.4. The average molecular weight is 356 g/mol. The highest BCUT2D eigenvalue weighted by Gasteiger charge is 2.37. The van der Waals surface area contributed by atoms with E-state index in [-0.39, 0.29) is 18.1 Å². The number of anilines is 2. The standard InChI is InChI=1S/C17H16N4O5/c1-10-5-3-4-6-12(10)18-15(22)9-20-16-13(26-11(2)17(20)23)7-8-14(19-16)21(24)25/h3-8,11H,9H2,1-2H3,(H,18,22). The van der Waals surface area contributed by atoms with Gasteiger partial charge in [-0.05, 0) is 41.5 Å². The third-order valence-corrected chi connectivity index (χ3v) is 3.91. The van der Waals surface area contributed by atoms with Crippen molar-refractivity contribution in [3.63, 3.8) is 0 Å². The first-order chi connectivity index (χ1) is 12.4. The molecule has 26 heavy (non-hydrogen) atoms. The van der Waals surface area contributed by atoms with E-state index in [1.54, 1.807) is 19.1 Å². The van der Waals surface area contributed by atoms with Crippen molar-refractivity contribution in [2.24, 2.45) is 0 Å². The van der Waals surface area contributed by atoms with E-state index in [0.717, 1.165) is 10.5 Å². The quantitative estimate of drug-likeness (QED) is 0.662. The number of carbonyl (C=O) groups is 2. The number of amides is 2. The number of hydrogen-bond acceptors (Lipinski definition) is 6. The Bertz CT molecular complexity index is 898. The molecule has 2 aromatic rings. The molecule has 0 fully saturated rings. The monoisotopic (exact) mass is 356 g/mol. The second-order valence-corrected chi connectivity index (χ2v) is 5.80. The number of hydrogen-bond donors (Lipinski definition) is 1. The zero-order valence-electron chi connectivity index (χ0n) is 14.1. The van der Waals surface area contributed by atoms with E-state index >= 15 is 0 Å². The normalized spacial score (nSPS) is 15.8. The Morgan fingerprint density at radius 1 is 1.35 bits per heavy atom. The van der Waals surface area contributed by atoms with E-state index in [1.165, 1.54) is 12.1 Å². The molecule has 1 aromatic carbocycles. The highest BCUT2D eigenvalue weighted by molar-refractivity contribution is 6.05. The Hall–Kier alpha value is -3.49. The highest BCUT2D eigenvalue weighted by Crippen LogP contribution is 2.33. The number of rotatable bonds is 4. The lowest BCUT2D eigenvalue weighted by Gasteiger charge is -2.28. The van der Waals surface area contributed by atoms with Gasteiger partial charge in [-0.1, -0.05) is 18.2 Å². The van der Waals surface area contributed by atoms with Crippen molar-refractivity contribution < 1.29 is 19.2 Å². The second-order valence-electron chi connectivity index (χ2n) is 5.80. The van der Waals surface area contributed by atoms with E-state index < -0.39 is 28.7 Å². The molecular formula is C17H16N4O5. The van der Waals surface area contributed by atoms with Gasteiger partial charge in [-0.15, -0.1) is 0 Å². The summed E-state index contributed by atoms with van der Waals surface area (Å²) in [6, 6.07) is 9.77. The molecule has 2 amide bonds. The summed E-state index contributed by atoms with van der Waals surface area (Å²) in [4.78, 5) is 40.1. The first kappa shape index (κ1) is 17.3. The second kappa shape index (κ2) is 6.79. The Balaban J connectivity index is 1.88. The number of carbonyl (C=O) groups excluding carboxylic acids is 2. The number of fused-ring (bicyclic) bond motifs is 1. The summed E-state index contributed by atoms with van der Waals surface area (Å²) in [7, 11) is 0. The van der Waals surface area contributed by atoms with Crippen molar-refractivity contribution in [3.05, 3.63) is 52.1 Å². The van der Waals surface area contributed by atoms with Crippen LogP contribution in [0.15, 0.2) is 36.4 Å². The number of aryl methyl sites for hydroxylation is 1. The van der Waals surface area contributed by atoms with Gasteiger partial charge < -0.3 is 20.2 Å². The zero-order chi connectivity index (χ0) is 18.8. The Morgan fingerprint density at radius 3 is 2.77 bits per heavy atom. The maximum atomic E-state index is 12.4. The number of para-hydroxylation sites is 1. The number of ether oxygens (including phenoxy) is 1. The van der Waals surface area contributed by atoms with Crippen molar-refractivity contribution in [2.45, 2.75) is 20.0 Å². The Labute approximate surface area is 148 Å². The van der Waals surface area contributed by atoms with Crippen LogP contribution in [0.4, 0.5) is 17.3 Å². The van der Waals surface area contributed by atoms with Crippen LogP contribution in [0.25, 0.3) is 0 Å². The van der Waals surface area contributed by atoms with Gasteiger partial charge in [0.25, 0.3) is 11.7 Å². The molecule has 0 bridgehead atoms. The number of benzene rings is 1. The van der Waals surface area contributed by atoms with Gasteiger partial charge in [-0.25, -0.2) is 0 Å². The molecule has 0 spiro atoms. The van der Waals surface area contributed by atoms with Gasteiger partial charge in [0, 0.05) is 11.8 Å².